The van der Waals surface area contributed by atoms with Gasteiger partial charge in [0.05, 0.1) is 6.07 Å². The molecule has 0 amide bonds. The van der Waals surface area contributed by atoms with E-state index < -0.39 is 12.4 Å². The molecule has 1 aliphatic rings. The third-order valence-corrected chi connectivity index (χ3v) is 3.43. The quantitative estimate of drug-likeness (QED) is 0.859. The monoisotopic (exact) mass is 299 g/mol. The minimum atomic E-state index is -4.73. The van der Waals surface area contributed by atoms with Crippen LogP contribution in [0.4, 0.5) is 13.2 Å². The number of rotatable bonds is 3. The third kappa shape index (κ3) is 4.34. The van der Waals surface area contributed by atoms with Crippen molar-refractivity contribution in [3.05, 3.63) is 29.8 Å². The van der Waals surface area contributed by atoms with Crippen LogP contribution < -0.4 is 4.74 Å². The maximum Gasteiger partial charge on any atom is 0.573 e. The molecule has 0 saturated carbocycles. The standard InChI is InChI=1S/C14H16F3N3O/c1-19-5-7-20(8-6-19)13(10-18)11-3-2-4-12(9-11)21-14(15,16)17/h2-4,9,13H,5-8H2,1H3. The van der Waals surface area contributed by atoms with E-state index >= 15 is 0 Å². The van der Waals surface area contributed by atoms with Crippen LogP contribution in [-0.2, 0) is 0 Å². The minimum Gasteiger partial charge on any atom is -0.406 e. The van der Waals surface area contributed by atoms with Gasteiger partial charge in [0.2, 0.25) is 0 Å². The molecule has 0 aliphatic carbocycles. The SMILES string of the molecule is CN1CCN(C(C#N)c2cccc(OC(F)(F)F)c2)CC1. The molecule has 0 bridgehead atoms. The van der Waals surface area contributed by atoms with Crippen LogP contribution in [0.15, 0.2) is 24.3 Å². The number of nitrogens with zero attached hydrogens (tertiary/aromatic N) is 3. The molecule has 0 spiro atoms. The van der Waals surface area contributed by atoms with Gasteiger partial charge in [-0.2, -0.15) is 5.26 Å². The van der Waals surface area contributed by atoms with Crippen molar-refractivity contribution in [3.8, 4) is 11.8 Å². The maximum atomic E-state index is 12.3. The number of hydrogen-bond donors (Lipinski definition) is 0. The molecule has 114 valence electrons. The van der Waals surface area contributed by atoms with Gasteiger partial charge in [0.25, 0.3) is 0 Å². The Kier molecular flexibility index (Phi) is 4.70. The summed E-state index contributed by atoms with van der Waals surface area (Å²) in [6.45, 7) is 3.08. The normalized spacial score (nSPS) is 19.0. The third-order valence-electron chi connectivity index (χ3n) is 3.43. The van der Waals surface area contributed by atoms with Gasteiger partial charge in [-0.3, -0.25) is 4.90 Å². The maximum absolute atomic E-state index is 12.3. The first kappa shape index (κ1) is 15.6. The van der Waals surface area contributed by atoms with E-state index in [-0.39, 0.29) is 5.75 Å². The molecule has 4 nitrogen and oxygen atoms in total. The molecule has 0 aromatic heterocycles. The Labute approximate surface area is 121 Å². The number of alkyl halides is 3. The molecule has 1 heterocycles. The van der Waals surface area contributed by atoms with E-state index in [4.69, 9.17) is 0 Å². The first-order valence-corrected chi connectivity index (χ1v) is 6.57. The van der Waals surface area contributed by atoms with Gasteiger partial charge in [-0.05, 0) is 24.7 Å². The van der Waals surface area contributed by atoms with E-state index in [1.807, 2.05) is 11.9 Å². The fourth-order valence-electron chi connectivity index (χ4n) is 2.33. The van der Waals surface area contributed by atoms with Gasteiger partial charge in [-0.15, -0.1) is 13.2 Å². The Morgan fingerprint density at radius 3 is 2.48 bits per heavy atom. The lowest BCUT2D eigenvalue weighted by atomic mass is 10.1. The lowest BCUT2D eigenvalue weighted by Crippen LogP contribution is -2.45. The Morgan fingerprint density at radius 1 is 1.24 bits per heavy atom. The summed E-state index contributed by atoms with van der Waals surface area (Å²) in [5.74, 6) is -0.297. The molecule has 1 fully saturated rings. The van der Waals surface area contributed by atoms with E-state index in [2.05, 4.69) is 15.7 Å². The lowest BCUT2D eigenvalue weighted by Gasteiger charge is -2.35. The van der Waals surface area contributed by atoms with Crippen LogP contribution in [-0.4, -0.2) is 49.4 Å². The summed E-state index contributed by atoms with van der Waals surface area (Å²) in [4.78, 5) is 4.11. The zero-order valence-corrected chi connectivity index (χ0v) is 11.6. The Balaban J connectivity index is 2.15. The molecule has 1 aromatic carbocycles. The van der Waals surface area contributed by atoms with Gasteiger partial charge in [0.15, 0.2) is 0 Å². The van der Waals surface area contributed by atoms with Crippen molar-refractivity contribution >= 4 is 0 Å². The van der Waals surface area contributed by atoms with Crippen molar-refractivity contribution in [2.75, 3.05) is 33.2 Å². The highest BCUT2D eigenvalue weighted by Crippen LogP contribution is 2.28. The predicted octanol–water partition coefficient (Wildman–Crippen LogP) is 2.40. The van der Waals surface area contributed by atoms with E-state index in [1.165, 1.54) is 18.2 Å². The van der Waals surface area contributed by atoms with Crippen molar-refractivity contribution < 1.29 is 17.9 Å². The number of nitriles is 1. The first-order valence-electron chi connectivity index (χ1n) is 6.57. The summed E-state index contributed by atoms with van der Waals surface area (Å²) in [6, 6.07) is 7.23. The lowest BCUT2D eigenvalue weighted by molar-refractivity contribution is -0.274. The second-order valence-corrected chi connectivity index (χ2v) is 4.99. The number of piperazine rings is 1. The Hall–Kier alpha value is -1.78. The highest BCUT2D eigenvalue weighted by Gasteiger charge is 2.31. The van der Waals surface area contributed by atoms with Gasteiger partial charge >= 0.3 is 6.36 Å². The molecule has 1 aliphatic heterocycles. The summed E-state index contributed by atoms with van der Waals surface area (Å²) in [7, 11) is 2.00. The topological polar surface area (TPSA) is 39.5 Å². The van der Waals surface area contributed by atoms with Gasteiger partial charge in [0.1, 0.15) is 11.8 Å². The van der Waals surface area contributed by atoms with Crippen LogP contribution in [0.1, 0.15) is 11.6 Å². The summed E-state index contributed by atoms with van der Waals surface area (Å²) in [5.41, 5.74) is 0.517. The fourth-order valence-corrected chi connectivity index (χ4v) is 2.33. The molecular weight excluding hydrogens is 283 g/mol. The van der Waals surface area contributed by atoms with Crippen LogP contribution in [0.3, 0.4) is 0 Å². The van der Waals surface area contributed by atoms with Crippen LogP contribution in [0.25, 0.3) is 0 Å². The van der Waals surface area contributed by atoms with Crippen molar-refractivity contribution in [1.29, 1.82) is 5.26 Å². The predicted molar refractivity (Wildman–Crippen MR) is 70.5 cm³/mol. The summed E-state index contributed by atoms with van der Waals surface area (Å²) >= 11 is 0. The number of hydrogen-bond acceptors (Lipinski definition) is 4. The molecule has 0 N–H and O–H groups in total. The van der Waals surface area contributed by atoms with Gasteiger partial charge in [-0.25, -0.2) is 0 Å². The molecule has 1 atom stereocenters. The highest BCUT2D eigenvalue weighted by atomic mass is 19.4. The molecule has 1 aromatic rings. The van der Waals surface area contributed by atoms with Gasteiger partial charge < -0.3 is 9.64 Å². The zero-order valence-electron chi connectivity index (χ0n) is 11.6. The smallest absolute Gasteiger partial charge is 0.406 e. The largest absolute Gasteiger partial charge is 0.573 e. The Bertz CT molecular complexity index is 519. The fraction of sp³-hybridized carbons (Fsp3) is 0.500. The van der Waals surface area contributed by atoms with E-state index in [9.17, 15) is 18.4 Å². The first-order chi connectivity index (χ1) is 9.89. The minimum absolute atomic E-state index is 0.297. The molecule has 0 radical (unpaired) electrons. The van der Waals surface area contributed by atoms with Gasteiger partial charge in [-0.1, -0.05) is 12.1 Å². The summed E-state index contributed by atoms with van der Waals surface area (Å²) < 4.78 is 40.7. The molecule has 2 rings (SSSR count). The molecule has 7 heteroatoms. The summed E-state index contributed by atoms with van der Waals surface area (Å²) in [5, 5.41) is 9.35. The van der Waals surface area contributed by atoms with Crippen molar-refractivity contribution in [2.24, 2.45) is 0 Å². The van der Waals surface area contributed by atoms with E-state index in [1.54, 1.807) is 6.07 Å². The average Bonchev–Trinajstić information content (AvgIpc) is 2.40. The van der Waals surface area contributed by atoms with Crippen LogP contribution in [0.5, 0.6) is 5.75 Å². The number of halogens is 3. The number of likely N-dealkylation sites (N-methyl/N-ethyl adjacent to an activating group) is 1. The van der Waals surface area contributed by atoms with E-state index in [0.717, 1.165) is 13.1 Å². The van der Waals surface area contributed by atoms with Crippen LogP contribution in [0, 0.1) is 11.3 Å². The van der Waals surface area contributed by atoms with Crippen LogP contribution in [0.2, 0.25) is 0 Å². The molecule has 1 unspecified atom stereocenters. The highest BCUT2D eigenvalue weighted by molar-refractivity contribution is 5.33. The second kappa shape index (κ2) is 6.33. The molecular formula is C14H16F3N3O. The summed E-state index contributed by atoms with van der Waals surface area (Å²) in [6.07, 6.45) is -4.73. The molecule has 1 saturated heterocycles. The zero-order chi connectivity index (χ0) is 15.5. The Morgan fingerprint density at radius 2 is 1.90 bits per heavy atom. The van der Waals surface area contributed by atoms with Crippen LogP contribution >= 0.6 is 0 Å². The van der Waals surface area contributed by atoms with Crippen molar-refractivity contribution in [3.63, 3.8) is 0 Å². The number of benzene rings is 1. The van der Waals surface area contributed by atoms with Crippen molar-refractivity contribution in [1.82, 2.24) is 9.80 Å². The molecule has 21 heavy (non-hydrogen) atoms. The number of ether oxygens (including phenoxy) is 1. The average molecular weight is 299 g/mol. The van der Waals surface area contributed by atoms with E-state index in [0.29, 0.717) is 18.7 Å². The second-order valence-electron chi connectivity index (χ2n) is 4.99. The van der Waals surface area contributed by atoms with Gasteiger partial charge in [0, 0.05) is 26.2 Å². The van der Waals surface area contributed by atoms with Crippen molar-refractivity contribution in [2.45, 2.75) is 12.4 Å².